The highest BCUT2D eigenvalue weighted by Crippen LogP contribution is 2.41. The molecule has 11 heteroatoms. The van der Waals surface area contributed by atoms with Crippen molar-refractivity contribution in [1.82, 2.24) is 24.9 Å². The molecule has 0 atom stereocenters. The molecule has 1 N–H and O–H groups in total. The molecular formula is C19H28F3N5O3. The summed E-state index contributed by atoms with van der Waals surface area (Å²) >= 11 is 0. The number of rotatable bonds is 5. The number of nitrogens with zero attached hydrogens (tertiary/aromatic N) is 4. The van der Waals surface area contributed by atoms with Gasteiger partial charge in [-0.3, -0.25) is 9.48 Å². The van der Waals surface area contributed by atoms with E-state index < -0.39 is 30.0 Å². The fraction of sp³-hybridized carbons (Fsp3) is 0.737. The largest absolute Gasteiger partial charge is 0.444 e. The number of fused-ring (bicyclic) bond motifs is 1. The van der Waals surface area contributed by atoms with Gasteiger partial charge in [-0.1, -0.05) is 0 Å². The van der Waals surface area contributed by atoms with E-state index in [1.807, 2.05) is 0 Å². The summed E-state index contributed by atoms with van der Waals surface area (Å²) in [5, 5.41) is 6.66. The number of amides is 2. The molecule has 0 radical (unpaired) electrons. The topological polar surface area (TPSA) is 79.7 Å². The molecule has 1 aromatic heterocycles. The molecule has 1 fully saturated rings. The summed E-state index contributed by atoms with van der Waals surface area (Å²) in [6.45, 7) is 5.36. The molecule has 0 bridgehead atoms. The number of carbonyl (C=O) groups is 2. The minimum Gasteiger partial charge on any atom is -0.444 e. The number of nitrogens with one attached hydrogen (secondary N) is 1. The maximum atomic E-state index is 13.1. The van der Waals surface area contributed by atoms with Crippen LogP contribution in [0, 0.1) is 0 Å². The van der Waals surface area contributed by atoms with Gasteiger partial charge in [-0.15, -0.1) is 0 Å². The maximum absolute atomic E-state index is 13.1. The van der Waals surface area contributed by atoms with Gasteiger partial charge < -0.3 is 19.9 Å². The summed E-state index contributed by atoms with van der Waals surface area (Å²) in [7, 11) is 1.60. The lowest BCUT2D eigenvalue weighted by Crippen LogP contribution is -2.47. The quantitative estimate of drug-likeness (QED) is 0.775. The van der Waals surface area contributed by atoms with E-state index in [4.69, 9.17) is 4.74 Å². The number of hydrogen-bond acceptors (Lipinski definition) is 5. The van der Waals surface area contributed by atoms with Crippen molar-refractivity contribution >= 4 is 12.0 Å². The van der Waals surface area contributed by atoms with E-state index in [9.17, 15) is 22.8 Å². The number of carbonyl (C=O) groups excluding carboxylic acids is 2. The molecule has 1 aliphatic heterocycles. The van der Waals surface area contributed by atoms with E-state index in [1.165, 1.54) is 16.0 Å². The Morgan fingerprint density at radius 3 is 2.50 bits per heavy atom. The highest BCUT2D eigenvalue weighted by atomic mass is 19.4. The lowest BCUT2D eigenvalue weighted by molar-refractivity contribution is -0.125. The maximum Gasteiger partial charge on any atom is 0.410 e. The molecule has 168 valence electrons. The van der Waals surface area contributed by atoms with Crippen molar-refractivity contribution in [3.8, 4) is 0 Å². The van der Waals surface area contributed by atoms with Crippen molar-refractivity contribution in [1.29, 1.82) is 0 Å². The molecule has 3 rings (SSSR count). The molecule has 2 heterocycles. The first-order valence-corrected chi connectivity index (χ1v) is 9.90. The van der Waals surface area contributed by atoms with Crippen molar-refractivity contribution in [2.24, 2.45) is 0 Å². The zero-order valence-electron chi connectivity index (χ0n) is 17.7. The van der Waals surface area contributed by atoms with Gasteiger partial charge in [0.15, 0.2) is 0 Å². The van der Waals surface area contributed by atoms with Gasteiger partial charge in [0.1, 0.15) is 5.60 Å². The van der Waals surface area contributed by atoms with Crippen molar-refractivity contribution in [2.45, 2.75) is 64.0 Å². The van der Waals surface area contributed by atoms with E-state index >= 15 is 0 Å². The molecule has 0 aromatic carbocycles. The highest BCUT2D eigenvalue weighted by molar-refractivity contribution is 5.96. The summed E-state index contributed by atoms with van der Waals surface area (Å²) in [5.41, 5.74) is -0.303. The average Bonchev–Trinajstić information content (AvgIpc) is 3.28. The summed E-state index contributed by atoms with van der Waals surface area (Å²) in [4.78, 5) is 28.6. The van der Waals surface area contributed by atoms with Crippen LogP contribution in [-0.4, -0.2) is 75.6 Å². The molecular weight excluding hydrogens is 403 g/mol. The first kappa shape index (κ1) is 22.4. The first-order valence-electron chi connectivity index (χ1n) is 9.90. The number of halogens is 3. The van der Waals surface area contributed by atoms with Crippen molar-refractivity contribution < 1.29 is 27.5 Å². The predicted molar refractivity (Wildman–Crippen MR) is 102 cm³/mol. The fourth-order valence-corrected chi connectivity index (χ4v) is 3.51. The molecule has 2 amide bonds. The standard InChI is InChI=1S/C19H28F3N5O3/c1-17(2,3)30-16(29)26-7-8-27-14(10-26)13(9-24-27)15(28)25(4)18(5-6-18)11-23-12-19(20,21)22/h9,23H,5-8,10-12H2,1-4H3. The Morgan fingerprint density at radius 1 is 1.27 bits per heavy atom. The molecule has 2 aliphatic rings. The number of likely N-dealkylation sites (N-methyl/N-ethyl adjacent to an activating group) is 1. The van der Waals surface area contributed by atoms with Crippen LogP contribution in [0.5, 0.6) is 0 Å². The van der Waals surface area contributed by atoms with Crippen LogP contribution in [0.25, 0.3) is 0 Å². The lowest BCUT2D eigenvalue weighted by atomic mass is 10.1. The molecule has 0 saturated heterocycles. The minimum atomic E-state index is -4.30. The Kier molecular flexibility index (Phi) is 5.78. The van der Waals surface area contributed by atoms with Gasteiger partial charge in [0.2, 0.25) is 0 Å². The second-order valence-electron chi connectivity index (χ2n) is 8.94. The number of aromatic nitrogens is 2. The third kappa shape index (κ3) is 5.05. The molecule has 30 heavy (non-hydrogen) atoms. The number of alkyl halides is 3. The third-order valence-electron chi connectivity index (χ3n) is 5.38. The normalized spacial score (nSPS) is 18.0. The fourth-order valence-electron chi connectivity index (χ4n) is 3.51. The van der Waals surface area contributed by atoms with E-state index in [-0.39, 0.29) is 19.0 Å². The molecule has 0 unspecified atom stereocenters. The second-order valence-corrected chi connectivity index (χ2v) is 8.94. The van der Waals surface area contributed by atoms with Gasteiger partial charge >= 0.3 is 12.3 Å². The van der Waals surface area contributed by atoms with E-state index in [1.54, 1.807) is 32.5 Å². The van der Waals surface area contributed by atoms with Gasteiger partial charge in [-0.05, 0) is 33.6 Å². The Labute approximate surface area is 173 Å². The van der Waals surface area contributed by atoms with Gasteiger partial charge in [0.05, 0.1) is 42.6 Å². The van der Waals surface area contributed by atoms with Crippen LogP contribution in [0.3, 0.4) is 0 Å². The summed E-state index contributed by atoms with van der Waals surface area (Å²) in [6.07, 6.45) is -2.03. The van der Waals surface area contributed by atoms with Gasteiger partial charge in [0, 0.05) is 20.1 Å². The number of ether oxygens (including phenoxy) is 1. The van der Waals surface area contributed by atoms with Crippen LogP contribution in [0.2, 0.25) is 0 Å². The highest BCUT2D eigenvalue weighted by Gasteiger charge is 2.49. The summed E-state index contributed by atoms with van der Waals surface area (Å²) in [6, 6.07) is 0. The van der Waals surface area contributed by atoms with Crippen molar-refractivity contribution in [2.75, 3.05) is 26.7 Å². The van der Waals surface area contributed by atoms with Crippen molar-refractivity contribution in [3.05, 3.63) is 17.5 Å². The molecule has 1 aliphatic carbocycles. The smallest absolute Gasteiger partial charge is 0.410 e. The monoisotopic (exact) mass is 431 g/mol. The second kappa shape index (κ2) is 7.75. The van der Waals surface area contributed by atoms with Gasteiger partial charge in [0.25, 0.3) is 5.91 Å². The average molecular weight is 431 g/mol. The predicted octanol–water partition coefficient (Wildman–Crippen LogP) is 2.39. The summed E-state index contributed by atoms with van der Waals surface area (Å²) in [5.74, 6) is -0.311. The lowest BCUT2D eigenvalue weighted by Gasteiger charge is -2.32. The Bertz CT molecular complexity index is 811. The van der Waals surface area contributed by atoms with E-state index in [0.717, 1.165) is 0 Å². The number of hydrogen-bond donors (Lipinski definition) is 1. The zero-order chi connectivity index (χ0) is 22.3. The van der Waals surface area contributed by atoms with Gasteiger partial charge in [-0.2, -0.15) is 18.3 Å². The van der Waals surface area contributed by atoms with E-state index in [0.29, 0.717) is 37.2 Å². The third-order valence-corrected chi connectivity index (χ3v) is 5.38. The summed E-state index contributed by atoms with van der Waals surface area (Å²) < 4.78 is 44.4. The van der Waals surface area contributed by atoms with Crippen LogP contribution >= 0.6 is 0 Å². The minimum absolute atomic E-state index is 0.0717. The van der Waals surface area contributed by atoms with Crippen LogP contribution < -0.4 is 5.32 Å². The van der Waals surface area contributed by atoms with E-state index in [2.05, 4.69) is 10.4 Å². The van der Waals surface area contributed by atoms with Crippen LogP contribution in [0.15, 0.2) is 6.20 Å². The Balaban J connectivity index is 1.69. The van der Waals surface area contributed by atoms with Crippen molar-refractivity contribution in [3.63, 3.8) is 0 Å². The zero-order valence-corrected chi connectivity index (χ0v) is 17.7. The first-order chi connectivity index (χ1) is 13.8. The van der Waals surface area contributed by atoms with Crippen LogP contribution in [-0.2, 0) is 17.8 Å². The SMILES string of the molecule is CN(C(=O)c1cnn2c1CN(C(=O)OC(C)(C)C)CC2)C1(CNCC(F)(F)F)CC1. The van der Waals surface area contributed by atoms with Crippen LogP contribution in [0.4, 0.5) is 18.0 Å². The van der Waals surface area contributed by atoms with Gasteiger partial charge in [-0.25, -0.2) is 4.79 Å². The Morgan fingerprint density at radius 2 is 1.93 bits per heavy atom. The molecule has 8 nitrogen and oxygen atoms in total. The Hall–Kier alpha value is -2.30. The molecule has 1 aromatic rings. The van der Waals surface area contributed by atoms with Crippen LogP contribution in [0.1, 0.15) is 49.7 Å². The molecule has 1 saturated carbocycles. The molecule has 0 spiro atoms.